The smallest absolute Gasteiger partial charge is 0.503 e. The fraction of sp³-hybridized carbons (Fsp3) is 0.333. The van der Waals surface area contributed by atoms with Crippen LogP contribution in [0.15, 0.2) is 6.07 Å². The molecule has 1 aromatic heterocycles. The Labute approximate surface area is 101 Å². The molecule has 0 bridgehead atoms. The van der Waals surface area contributed by atoms with Crippen LogP contribution in [0.4, 0.5) is 26.3 Å². The van der Waals surface area contributed by atoms with Gasteiger partial charge in [-0.25, -0.2) is 4.98 Å². The molecule has 1 heterocycles. The molecule has 4 nitrogen and oxygen atoms in total. The zero-order valence-corrected chi connectivity index (χ0v) is 8.80. The number of halogens is 6. The molecule has 19 heavy (non-hydrogen) atoms. The van der Waals surface area contributed by atoms with E-state index in [-0.39, 0.29) is 6.07 Å². The zero-order valence-electron chi connectivity index (χ0n) is 8.80. The molecule has 1 rings (SSSR count). The van der Waals surface area contributed by atoms with E-state index in [1.807, 2.05) is 0 Å². The lowest BCUT2D eigenvalue weighted by molar-refractivity contribution is -0.275. The molecule has 1 aromatic rings. The van der Waals surface area contributed by atoms with Crippen molar-refractivity contribution in [1.82, 2.24) is 4.98 Å². The first-order valence-corrected chi connectivity index (χ1v) is 4.47. The van der Waals surface area contributed by atoms with E-state index < -0.39 is 41.8 Å². The molecule has 0 fully saturated rings. The predicted molar refractivity (Wildman–Crippen MR) is 46.9 cm³/mol. The molecule has 1 N–H and O–H groups in total. The summed E-state index contributed by atoms with van der Waals surface area (Å²) in [5, 5.41) is 17.6. The predicted octanol–water partition coefficient (Wildman–Crippen LogP) is 2.77. The van der Waals surface area contributed by atoms with Gasteiger partial charge in [-0.1, -0.05) is 0 Å². The van der Waals surface area contributed by atoms with Gasteiger partial charge in [-0.05, 0) is 0 Å². The van der Waals surface area contributed by atoms with E-state index in [1.54, 1.807) is 0 Å². The number of ether oxygens (including phenoxy) is 1. The van der Waals surface area contributed by atoms with E-state index in [4.69, 9.17) is 5.26 Å². The largest absolute Gasteiger partial charge is 0.573 e. The Kier molecular flexibility index (Phi) is 3.78. The number of nitriles is 1. The monoisotopic (exact) mass is 286 g/mol. The molecule has 0 saturated heterocycles. The molecule has 0 spiro atoms. The highest BCUT2D eigenvalue weighted by Crippen LogP contribution is 2.38. The van der Waals surface area contributed by atoms with E-state index in [0.717, 1.165) is 0 Å². The standard InChI is InChI=1S/C9H4F6N2O2/c10-8(11,12)6-3-5(19-9(13,14)15)7(18)4(17-6)1-2-16/h3,18H,1H2. The average Bonchev–Trinajstić information content (AvgIpc) is 2.20. The van der Waals surface area contributed by atoms with Gasteiger partial charge in [0, 0.05) is 6.07 Å². The van der Waals surface area contributed by atoms with Crippen LogP contribution in [0.25, 0.3) is 0 Å². The summed E-state index contributed by atoms with van der Waals surface area (Å²) in [6.07, 6.45) is -11.1. The number of aromatic nitrogens is 1. The summed E-state index contributed by atoms with van der Waals surface area (Å²) in [5.74, 6) is -2.72. The summed E-state index contributed by atoms with van der Waals surface area (Å²) in [6.45, 7) is 0. The van der Waals surface area contributed by atoms with Gasteiger partial charge in [0.25, 0.3) is 0 Å². The minimum absolute atomic E-state index is 0.0936. The van der Waals surface area contributed by atoms with Crippen LogP contribution in [-0.4, -0.2) is 16.5 Å². The number of hydrogen-bond donors (Lipinski definition) is 1. The molecule has 0 unspecified atom stereocenters. The van der Waals surface area contributed by atoms with Crippen molar-refractivity contribution < 1.29 is 36.2 Å². The van der Waals surface area contributed by atoms with E-state index in [0.29, 0.717) is 0 Å². The number of pyridine rings is 1. The van der Waals surface area contributed by atoms with Crippen molar-refractivity contribution in [2.45, 2.75) is 19.0 Å². The average molecular weight is 286 g/mol. The highest BCUT2D eigenvalue weighted by molar-refractivity contribution is 5.45. The third-order valence-corrected chi connectivity index (χ3v) is 1.79. The fourth-order valence-electron chi connectivity index (χ4n) is 1.11. The minimum Gasteiger partial charge on any atom is -0.503 e. The SMILES string of the molecule is N#CCc1nc(C(F)(F)F)cc(OC(F)(F)F)c1O. The molecule has 0 radical (unpaired) electrons. The van der Waals surface area contributed by atoms with Gasteiger partial charge in [0.15, 0.2) is 11.5 Å². The van der Waals surface area contributed by atoms with Crippen molar-refractivity contribution >= 4 is 0 Å². The molecular weight excluding hydrogens is 282 g/mol. The number of aromatic hydroxyl groups is 1. The maximum atomic E-state index is 12.4. The fourth-order valence-corrected chi connectivity index (χ4v) is 1.11. The molecule has 0 saturated carbocycles. The van der Waals surface area contributed by atoms with Crippen LogP contribution in [0.1, 0.15) is 11.4 Å². The van der Waals surface area contributed by atoms with Crippen LogP contribution in [0, 0.1) is 11.3 Å². The lowest BCUT2D eigenvalue weighted by Crippen LogP contribution is -2.19. The first-order valence-electron chi connectivity index (χ1n) is 4.47. The number of hydrogen-bond acceptors (Lipinski definition) is 4. The second-order valence-electron chi connectivity index (χ2n) is 3.18. The van der Waals surface area contributed by atoms with Gasteiger partial charge in [0.1, 0.15) is 11.4 Å². The molecule has 0 aliphatic heterocycles. The summed E-state index contributed by atoms with van der Waals surface area (Å²) in [6, 6.07) is 1.27. The van der Waals surface area contributed by atoms with Crippen molar-refractivity contribution in [3.8, 4) is 17.6 Å². The van der Waals surface area contributed by atoms with Gasteiger partial charge < -0.3 is 9.84 Å². The second kappa shape index (κ2) is 4.83. The van der Waals surface area contributed by atoms with Crippen molar-refractivity contribution in [1.29, 1.82) is 5.26 Å². The maximum absolute atomic E-state index is 12.4. The Morgan fingerprint density at radius 2 is 1.84 bits per heavy atom. The molecule has 10 heteroatoms. The Balaban J connectivity index is 3.37. The van der Waals surface area contributed by atoms with E-state index in [1.165, 1.54) is 6.07 Å². The molecule has 104 valence electrons. The van der Waals surface area contributed by atoms with Crippen LogP contribution in [0.3, 0.4) is 0 Å². The van der Waals surface area contributed by atoms with Gasteiger partial charge in [0.2, 0.25) is 0 Å². The summed E-state index contributed by atoms with van der Waals surface area (Å²) < 4.78 is 76.3. The normalized spacial score (nSPS) is 12.1. The Bertz CT molecular complexity index is 517. The van der Waals surface area contributed by atoms with E-state index in [2.05, 4.69) is 9.72 Å². The Morgan fingerprint density at radius 1 is 1.26 bits per heavy atom. The maximum Gasteiger partial charge on any atom is 0.573 e. The van der Waals surface area contributed by atoms with E-state index in [9.17, 15) is 31.4 Å². The molecule has 0 atom stereocenters. The quantitative estimate of drug-likeness (QED) is 0.849. The lowest BCUT2D eigenvalue weighted by Gasteiger charge is -2.14. The lowest BCUT2D eigenvalue weighted by atomic mass is 10.2. The third-order valence-electron chi connectivity index (χ3n) is 1.79. The first-order chi connectivity index (χ1) is 8.54. The van der Waals surface area contributed by atoms with Crippen LogP contribution >= 0.6 is 0 Å². The highest BCUT2D eigenvalue weighted by Gasteiger charge is 2.38. The van der Waals surface area contributed by atoms with Gasteiger partial charge in [0.05, 0.1) is 12.5 Å². The number of rotatable bonds is 2. The molecule has 0 amide bonds. The van der Waals surface area contributed by atoms with Crippen molar-refractivity contribution in [2.24, 2.45) is 0 Å². The van der Waals surface area contributed by atoms with Crippen molar-refractivity contribution in [2.75, 3.05) is 0 Å². The molecule has 0 aromatic carbocycles. The number of alkyl halides is 6. The summed E-state index contributed by atoms with van der Waals surface area (Å²) in [5.41, 5.74) is -2.55. The molecular formula is C9H4F6N2O2. The summed E-state index contributed by atoms with van der Waals surface area (Å²) in [7, 11) is 0. The van der Waals surface area contributed by atoms with Crippen LogP contribution in [0.2, 0.25) is 0 Å². The van der Waals surface area contributed by atoms with Crippen molar-refractivity contribution in [3.05, 3.63) is 17.5 Å². The van der Waals surface area contributed by atoms with Crippen LogP contribution < -0.4 is 4.74 Å². The third kappa shape index (κ3) is 3.90. The first kappa shape index (κ1) is 14.9. The summed E-state index contributed by atoms with van der Waals surface area (Å²) >= 11 is 0. The zero-order chi connectivity index (χ0) is 14.8. The van der Waals surface area contributed by atoms with E-state index >= 15 is 0 Å². The van der Waals surface area contributed by atoms with Gasteiger partial charge in [-0.2, -0.15) is 18.4 Å². The number of nitrogens with zero attached hydrogens (tertiary/aromatic N) is 2. The molecule has 0 aliphatic carbocycles. The molecule has 0 aliphatic rings. The highest BCUT2D eigenvalue weighted by atomic mass is 19.4. The van der Waals surface area contributed by atoms with Crippen LogP contribution in [-0.2, 0) is 12.6 Å². The second-order valence-corrected chi connectivity index (χ2v) is 3.18. The van der Waals surface area contributed by atoms with Crippen LogP contribution in [0.5, 0.6) is 11.5 Å². The Hall–Kier alpha value is -2.18. The Morgan fingerprint density at radius 3 is 2.26 bits per heavy atom. The summed E-state index contributed by atoms with van der Waals surface area (Å²) in [4.78, 5) is 2.88. The van der Waals surface area contributed by atoms with Gasteiger partial charge in [-0.3, -0.25) is 0 Å². The van der Waals surface area contributed by atoms with Gasteiger partial charge in [-0.15, -0.1) is 13.2 Å². The topological polar surface area (TPSA) is 66.1 Å². The minimum atomic E-state index is -5.29. The van der Waals surface area contributed by atoms with Gasteiger partial charge >= 0.3 is 12.5 Å². The van der Waals surface area contributed by atoms with Crippen molar-refractivity contribution in [3.63, 3.8) is 0 Å².